The number of rotatable bonds is 7. The molecule has 0 spiro atoms. The first-order valence-electron chi connectivity index (χ1n) is 11.3. The van der Waals surface area contributed by atoms with E-state index in [9.17, 15) is 4.79 Å². The second-order valence-corrected chi connectivity index (χ2v) is 8.31. The summed E-state index contributed by atoms with van der Waals surface area (Å²) in [7, 11) is 0. The summed E-state index contributed by atoms with van der Waals surface area (Å²) in [4.78, 5) is 17.1. The summed E-state index contributed by atoms with van der Waals surface area (Å²) in [6, 6.07) is 27.0. The molecule has 0 N–H and O–H groups in total. The largest absolute Gasteiger partial charge is 0.490 e. The zero-order valence-corrected chi connectivity index (χ0v) is 19.8. The van der Waals surface area contributed by atoms with E-state index >= 15 is 0 Å². The number of nitrogens with zero attached hydrogens (tertiary/aromatic N) is 1. The van der Waals surface area contributed by atoms with Crippen LogP contribution in [0.15, 0.2) is 95.6 Å². The number of halogens is 1. The van der Waals surface area contributed by atoms with E-state index in [0.717, 1.165) is 21.9 Å². The first kappa shape index (κ1) is 22.7. The molecular weight excluding hydrogens is 462 g/mol. The quantitative estimate of drug-likeness (QED) is 0.214. The number of hydrogen-bond donors (Lipinski definition) is 0. The molecule has 0 atom stereocenters. The third kappa shape index (κ3) is 4.91. The van der Waals surface area contributed by atoms with Gasteiger partial charge < -0.3 is 14.2 Å². The summed E-state index contributed by atoms with van der Waals surface area (Å²) in [6.45, 7) is 2.67. The number of hydrogen-bond acceptors (Lipinski definition) is 5. The summed E-state index contributed by atoms with van der Waals surface area (Å²) < 4.78 is 17.3. The normalized spacial score (nSPS) is 14.2. The molecule has 0 saturated carbocycles. The molecule has 0 aromatic heterocycles. The van der Waals surface area contributed by atoms with Crippen LogP contribution in [0.2, 0.25) is 5.02 Å². The van der Waals surface area contributed by atoms with E-state index in [0.29, 0.717) is 35.3 Å². The molecule has 174 valence electrons. The molecule has 5 nitrogen and oxygen atoms in total. The maximum atomic E-state index is 12.6. The van der Waals surface area contributed by atoms with Crippen molar-refractivity contribution in [2.24, 2.45) is 4.99 Å². The topological polar surface area (TPSA) is 57.1 Å². The van der Waals surface area contributed by atoms with Gasteiger partial charge in [-0.1, -0.05) is 78.3 Å². The molecular formula is C29H22ClNO4. The van der Waals surface area contributed by atoms with Crippen molar-refractivity contribution in [2.75, 3.05) is 6.61 Å². The van der Waals surface area contributed by atoms with E-state index in [4.69, 9.17) is 25.8 Å². The molecule has 5 rings (SSSR count). The maximum Gasteiger partial charge on any atom is 0.363 e. The molecule has 0 radical (unpaired) electrons. The van der Waals surface area contributed by atoms with Crippen LogP contribution < -0.4 is 9.47 Å². The van der Waals surface area contributed by atoms with Crippen molar-refractivity contribution in [1.82, 2.24) is 0 Å². The van der Waals surface area contributed by atoms with E-state index in [1.807, 2.05) is 79.7 Å². The first-order chi connectivity index (χ1) is 17.1. The standard InChI is InChI=1S/C29H22ClNO4/c1-2-33-26-17-20(15-24(30)27(26)34-18-19-9-4-3-5-10-19)16-25-29(32)35-28(31-25)23-14-8-12-21-11-6-7-13-22(21)23/h3-17H,2,18H2,1H3. The van der Waals surface area contributed by atoms with E-state index in [-0.39, 0.29) is 11.6 Å². The van der Waals surface area contributed by atoms with Gasteiger partial charge in [-0.15, -0.1) is 0 Å². The fourth-order valence-corrected chi connectivity index (χ4v) is 4.17. The smallest absolute Gasteiger partial charge is 0.363 e. The minimum absolute atomic E-state index is 0.185. The van der Waals surface area contributed by atoms with Gasteiger partial charge in [-0.25, -0.2) is 9.79 Å². The monoisotopic (exact) mass is 483 g/mol. The van der Waals surface area contributed by atoms with Crippen LogP contribution in [0.3, 0.4) is 0 Å². The Balaban J connectivity index is 1.46. The zero-order chi connectivity index (χ0) is 24.2. The summed E-state index contributed by atoms with van der Waals surface area (Å²) >= 11 is 6.56. The Bertz CT molecular complexity index is 1460. The van der Waals surface area contributed by atoms with Crippen molar-refractivity contribution < 1.29 is 19.0 Å². The molecule has 1 aliphatic rings. The second kappa shape index (κ2) is 10.0. The highest BCUT2D eigenvalue weighted by Gasteiger charge is 2.25. The van der Waals surface area contributed by atoms with Gasteiger partial charge in [0.2, 0.25) is 5.90 Å². The molecule has 4 aromatic carbocycles. The summed E-state index contributed by atoms with van der Waals surface area (Å²) in [5, 5.41) is 2.38. The average Bonchev–Trinajstić information content (AvgIpc) is 3.23. The number of fused-ring (bicyclic) bond motifs is 1. The predicted octanol–water partition coefficient (Wildman–Crippen LogP) is 6.82. The lowest BCUT2D eigenvalue weighted by Crippen LogP contribution is -2.06. The Morgan fingerprint density at radius 3 is 2.54 bits per heavy atom. The maximum absolute atomic E-state index is 12.6. The van der Waals surface area contributed by atoms with Crippen LogP contribution in [-0.4, -0.2) is 18.5 Å². The fourth-order valence-electron chi connectivity index (χ4n) is 3.90. The average molecular weight is 484 g/mol. The molecule has 4 aromatic rings. The Morgan fingerprint density at radius 1 is 0.943 bits per heavy atom. The van der Waals surface area contributed by atoms with Crippen LogP contribution in [0.1, 0.15) is 23.6 Å². The summed E-state index contributed by atoms with van der Waals surface area (Å²) in [5.74, 6) is 0.698. The minimum Gasteiger partial charge on any atom is -0.490 e. The van der Waals surface area contributed by atoms with E-state index < -0.39 is 5.97 Å². The predicted molar refractivity (Wildman–Crippen MR) is 138 cm³/mol. The number of carbonyl (C=O) groups excluding carboxylic acids is 1. The minimum atomic E-state index is -0.522. The van der Waals surface area contributed by atoms with Crippen molar-refractivity contribution >= 4 is 40.3 Å². The lowest BCUT2D eigenvalue weighted by atomic mass is 10.0. The van der Waals surface area contributed by atoms with Gasteiger partial charge in [0, 0.05) is 5.56 Å². The Kier molecular flexibility index (Phi) is 6.51. The number of cyclic esters (lactones) is 1. The van der Waals surface area contributed by atoms with Gasteiger partial charge in [-0.3, -0.25) is 0 Å². The third-order valence-electron chi connectivity index (χ3n) is 5.50. The Morgan fingerprint density at radius 2 is 1.71 bits per heavy atom. The van der Waals surface area contributed by atoms with Crippen LogP contribution in [0.5, 0.6) is 11.5 Å². The van der Waals surface area contributed by atoms with Gasteiger partial charge >= 0.3 is 5.97 Å². The van der Waals surface area contributed by atoms with Crippen LogP contribution in [-0.2, 0) is 16.1 Å². The summed E-state index contributed by atoms with van der Waals surface area (Å²) in [6.07, 6.45) is 1.63. The van der Waals surface area contributed by atoms with Gasteiger partial charge in [0.1, 0.15) is 6.61 Å². The molecule has 0 aliphatic carbocycles. The molecule has 6 heteroatoms. The molecule has 1 heterocycles. The van der Waals surface area contributed by atoms with Gasteiger partial charge in [0.05, 0.1) is 11.6 Å². The van der Waals surface area contributed by atoms with Crippen LogP contribution >= 0.6 is 11.6 Å². The molecule has 0 fully saturated rings. The van der Waals surface area contributed by atoms with Crippen LogP contribution in [0.4, 0.5) is 0 Å². The van der Waals surface area contributed by atoms with E-state index in [1.54, 1.807) is 18.2 Å². The molecule has 35 heavy (non-hydrogen) atoms. The number of benzene rings is 4. The van der Waals surface area contributed by atoms with Crippen molar-refractivity contribution in [3.63, 3.8) is 0 Å². The second-order valence-electron chi connectivity index (χ2n) is 7.90. The lowest BCUT2D eigenvalue weighted by molar-refractivity contribution is -0.129. The molecule has 0 saturated heterocycles. The first-order valence-corrected chi connectivity index (χ1v) is 11.6. The number of ether oxygens (including phenoxy) is 3. The van der Waals surface area contributed by atoms with Crippen LogP contribution in [0.25, 0.3) is 16.8 Å². The third-order valence-corrected chi connectivity index (χ3v) is 5.78. The van der Waals surface area contributed by atoms with E-state index in [2.05, 4.69) is 4.99 Å². The van der Waals surface area contributed by atoms with Crippen LogP contribution in [0, 0.1) is 0 Å². The van der Waals surface area contributed by atoms with Gasteiger partial charge in [-0.05, 0) is 53.1 Å². The summed E-state index contributed by atoms with van der Waals surface area (Å²) in [5.41, 5.74) is 2.61. The number of aliphatic imine (C=N–C) groups is 1. The fraction of sp³-hybridized carbons (Fsp3) is 0.103. The van der Waals surface area contributed by atoms with Crippen molar-refractivity contribution in [1.29, 1.82) is 0 Å². The molecule has 1 aliphatic heterocycles. The van der Waals surface area contributed by atoms with Crippen molar-refractivity contribution in [3.8, 4) is 11.5 Å². The Hall–Kier alpha value is -4.09. The molecule has 0 bridgehead atoms. The van der Waals surface area contributed by atoms with Crippen molar-refractivity contribution in [2.45, 2.75) is 13.5 Å². The highest BCUT2D eigenvalue weighted by molar-refractivity contribution is 6.32. The number of carbonyl (C=O) groups is 1. The van der Waals surface area contributed by atoms with Crippen molar-refractivity contribution in [3.05, 3.63) is 112 Å². The zero-order valence-electron chi connectivity index (χ0n) is 19.0. The highest BCUT2D eigenvalue weighted by Crippen LogP contribution is 2.38. The SMILES string of the molecule is CCOc1cc(C=C2N=C(c3cccc4ccccc34)OC2=O)cc(Cl)c1OCc1ccccc1. The number of esters is 1. The highest BCUT2D eigenvalue weighted by atomic mass is 35.5. The van der Waals surface area contributed by atoms with Gasteiger partial charge in [-0.2, -0.15) is 0 Å². The van der Waals surface area contributed by atoms with E-state index in [1.165, 1.54) is 0 Å². The lowest BCUT2D eigenvalue weighted by Gasteiger charge is -2.14. The molecule has 0 unspecified atom stereocenters. The van der Waals surface area contributed by atoms with Gasteiger partial charge in [0.25, 0.3) is 0 Å². The Labute approximate surface area is 208 Å². The molecule has 0 amide bonds. The van der Waals surface area contributed by atoms with Gasteiger partial charge in [0.15, 0.2) is 17.2 Å².